The first kappa shape index (κ1) is 27.3. The number of sulfone groups is 1. The molecule has 2 bridgehead atoms. The maximum absolute atomic E-state index is 12.8. The summed E-state index contributed by atoms with van der Waals surface area (Å²) in [6, 6.07) is 0. The third kappa shape index (κ3) is 8.14. The monoisotopic (exact) mass is 471 g/mol. The lowest BCUT2D eigenvalue weighted by Gasteiger charge is -2.27. The molecule has 0 saturated carbocycles. The average Bonchev–Trinajstić information content (AvgIpc) is 3.31. The highest BCUT2D eigenvalue weighted by Crippen LogP contribution is 2.45. The Bertz CT molecular complexity index is 716. The van der Waals surface area contributed by atoms with Crippen LogP contribution >= 0.6 is 0 Å². The van der Waals surface area contributed by atoms with Gasteiger partial charge in [0, 0.05) is 18.4 Å². The van der Waals surface area contributed by atoms with Crippen molar-refractivity contribution < 1.29 is 23.2 Å². The molecule has 32 heavy (non-hydrogen) atoms. The molecule has 0 aromatic rings. The van der Waals surface area contributed by atoms with E-state index < -0.39 is 15.3 Å². The second kappa shape index (κ2) is 12.5. The first-order valence-corrected chi connectivity index (χ1v) is 14.4. The van der Waals surface area contributed by atoms with Crippen molar-refractivity contribution in [2.24, 2.45) is 17.3 Å². The van der Waals surface area contributed by atoms with Crippen LogP contribution in [-0.4, -0.2) is 55.4 Å². The number of hydrogen-bond acceptors (Lipinski definition) is 5. The first-order valence-electron chi connectivity index (χ1n) is 12.6. The highest BCUT2D eigenvalue weighted by atomic mass is 32.2. The fourth-order valence-electron chi connectivity index (χ4n) is 5.27. The van der Waals surface area contributed by atoms with Gasteiger partial charge in [-0.1, -0.05) is 65.0 Å². The molecule has 1 amide bonds. The molecule has 2 fully saturated rings. The van der Waals surface area contributed by atoms with Gasteiger partial charge >= 0.3 is 0 Å². The van der Waals surface area contributed by atoms with E-state index in [1.807, 2.05) is 13.8 Å². The van der Waals surface area contributed by atoms with Gasteiger partial charge in [-0.05, 0) is 44.4 Å². The van der Waals surface area contributed by atoms with Crippen LogP contribution in [0.3, 0.4) is 0 Å². The summed E-state index contributed by atoms with van der Waals surface area (Å²) in [4.78, 5) is 12.0. The Hall–Kier alpha value is -0.920. The summed E-state index contributed by atoms with van der Waals surface area (Å²) in [7, 11) is -1.70. The van der Waals surface area contributed by atoms with E-state index in [0.29, 0.717) is 17.2 Å². The van der Waals surface area contributed by atoms with Gasteiger partial charge in [0.2, 0.25) is 0 Å². The van der Waals surface area contributed by atoms with E-state index in [4.69, 9.17) is 4.74 Å². The summed E-state index contributed by atoms with van der Waals surface area (Å²) in [6.07, 6.45) is 15.3. The lowest BCUT2D eigenvalue weighted by molar-refractivity contribution is -0.169. The molecule has 0 radical (unpaired) electrons. The number of unbranched alkanes of at least 4 members (excludes halogenated alkanes) is 5. The van der Waals surface area contributed by atoms with Gasteiger partial charge in [0.15, 0.2) is 9.84 Å². The Balaban J connectivity index is 1.81. The molecule has 0 unspecified atom stereocenters. The van der Waals surface area contributed by atoms with Crippen LogP contribution < -0.4 is 0 Å². The summed E-state index contributed by atoms with van der Waals surface area (Å²) in [5.74, 6) is 0.638. The maximum atomic E-state index is 12.8. The lowest BCUT2D eigenvalue weighted by Crippen LogP contribution is -2.36. The van der Waals surface area contributed by atoms with Crippen molar-refractivity contribution in [1.82, 2.24) is 5.06 Å². The van der Waals surface area contributed by atoms with Gasteiger partial charge in [0.1, 0.15) is 0 Å². The van der Waals surface area contributed by atoms with Crippen molar-refractivity contribution in [2.45, 2.75) is 104 Å². The van der Waals surface area contributed by atoms with E-state index in [0.717, 1.165) is 44.9 Å². The number of hydrogen-bond donors (Lipinski definition) is 1. The van der Waals surface area contributed by atoms with Crippen molar-refractivity contribution in [1.29, 1.82) is 0 Å². The molecule has 0 aromatic heterocycles. The van der Waals surface area contributed by atoms with Gasteiger partial charge in [-0.15, -0.1) is 0 Å². The fourth-order valence-corrected chi connectivity index (χ4v) is 7.13. The minimum Gasteiger partial charge on any atom is -0.374 e. The van der Waals surface area contributed by atoms with Gasteiger partial charge in [-0.25, -0.2) is 13.5 Å². The van der Waals surface area contributed by atoms with Crippen LogP contribution in [0.4, 0.5) is 0 Å². The molecular weight excluding hydrogens is 426 g/mol. The summed E-state index contributed by atoms with van der Waals surface area (Å²) >= 11 is 0. The number of allylic oxidation sites excluding steroid dienone is 2. The van der Waals surface area contributed by atoms with Crippen LogP contribution in [0.2, 0.25) is 0 Å². The molecule has 0 spiro atoms. The minimum absolute atomic E-state index is 0.0920. The molecule has 186 valence electrons. The molecule has 2 aliphatic heterocycles. The number of hydroxylamine groups is 2. The lowest BCUT2D eigenvalue weighted by atomic mass is 9.78. The third-order valence-electron chi connectivity index (χ3n) is 7.23. The second-order valence-corrected chi connectivity index (χ2v) is 12.7. The molecule has 0 aromatic carbocycles. The highest BCUT2D eigenvalue weighted by Gasteiger charge is 2.49. The molecule has 6 nitrogen and oxygen atoms in total. The Labute approximate surface area is 195 Å². The van der Waals surface area contributed by atoms with E-state index in [1.165, 1.54) is 26.3 Å². The molecule has 0 aliphatic carbocycles. The standard InChI is InChI=1S/C25H45NO5S/c1-5-6-7-8-9-13-18-32(29,30)19-21-20(22-15-16-23(21)31-22)14-11-10-12-17-25(2,3)24(27)26(4)28/h10-11,20-23,28H,5-9,12-19H2,1-4H3/t20-,21+,22-,23+/m0/s1. The van der Waals surface area contributed by atoms with Crippen molar-refractivity contribution in [3.05, 3.63) is 12.2 Å². The number of fused-ring (bicyclic) bond motifs is 2. The van der Waals surface area contributed by atoms with Gasteiger partial charge in [0.25, 0.3) is 5.91 Å². The zero-order chi connectivity index (χ0) is 23.8. The van der Waals surface area contributed by atoms with Crippen LogP contribution in [0.15, 0.2) is 12.2 Å². The normalized spacial score (nSPS) is 25.7. The quantitative estimate of drug-likeness (QED) is 0.154. The van der Waals surface area contributed by atoms with E-state index in [1.54, 1.807) is 0 Å². The molecule has 2 heterocycles. The first-order chi connectivity index (χ1) is 15.1. The number of carbonyl (C=O) groups is 1. The van der Waals surface area contributed by atoms with E-state index in [2.05, 4.69) is 19.1 Å². The van der Waals surface area contributed by atoms with Crippen LogP contribution in [-0.2, 0) is 19.4 Å². The largest absolute Gasteiger partial charge is 0.374 e. The second-order valence-electron chi connectivity index (χ2n) is 10.5. The predicted molar refractivity (Wildman–Crippen MR) is 128 cm³/mol. The topological polar surface area (TPSA) is 83.9 Å². The number of nitrogens with zero attached hydrogens (tertiary/aromatic N) is 1. The van der Waals surface area contributed by atoms with Gasteiger partial charge in [-0.3, -0.25) is 10.0 Å². The summed E-state index contributed by atoms with van der Waals surface area (Å²) < 4.78 is 31.7. The molecule has 2 rings (SSSR count). The third-order valence-corrected chi connectivity index (χ3v) is 9.03. The smallest absolute Gasteiger partial charge is 0.251 e. The molecule has 4 atom stereocenters. The number of carbonyl (C=O) groups excluding carboxylic acids is 1. The SMILES string of the molecule is CCCCCCCCS(=O)(=O)C[C@@H]1[C@H](CC=CCCC(C)(C)C(=O)N(C)O)[C@@H]2CC[C@H]1O2. The van der Waals surface area contributed by atoms with Crippen LogP contribution in [0, 0.1) is 17.3 Å². The van der Waals surface area contributed by atoms with Crippen LogP contribution in [0.1, 0.15) is 91.4 Å². The number of ether oxygens (including phenoxy) is 1. The minimum atomic E-state index is -3.06. The van der Waals surface area contributed by atoms with Crippen molar-refractivity contribution in [3.8, 4) is 0 Å². The summed E-state index contributed by atoms with van der Waals surface area (Å²) in [5, 5.41) is 10.0. The van der Waals surface area contributed by atoms with Crippen LogP contribution in [0.25, 0.3) is 0 Å². The molecular formula is C25H45NO5S. The van der Waals surface area contributed by atoms with E-state index in [-0.39, 0.29) is 35.7 Å². The van der Waals surface area contributed by atoms with Gasteiger partial charge in [-0.2, -0.15) is 0 Å². The van der Waals surface area contributed by atoms with Crippen molar-refractivity contribution >= 4 is 15.7 Å². The molecule has 2 saturated heterocycles. The van der Waals surface area contributed by atoms with Crippen molar-refractivity contribution in [3.63, 3.8) is 0 Å². The van der Waals surface area contributed by atoms with E-state index >= 15 is 0 Å². The van der Waals surface area contributed by atoms with Crippen LogP contribution in [0.5, 0.6) is 0 Å². The number of rotatable bonds is 15. The molecule has 1 N–H and O–H groups in total. The summed E-state index contributed by atoms with van der Waals surface area (Å²) in [5.41, 5.74) is -0.615. The summed E-state index contributed by atoms with van der Waals surface area (Å²) in [6.45, 7) is 5.86. The molecule has 7 heteroatoms. The zero-order valence-corrected chi connectivity index (χ0v) is 21.4. The fraction of sp³-hybridized carbons (Fsp3) is 0.880. The zero-order valence-electron chi connectivity index (χ0n) is 20.6. The Kier molecular flexibility index (Phi) is 10.7. The van der Waals surface area contributed by atoms with Gasteiger partial charge < -0.3 is 4.74 Å². The number of amides is 1. The predicted octanol–water partition coefficient (Wildman–Crippen LogP) is 5.16. The Morgan fingerprint density at radius 2 is 1.69 bits per heavy atom. The maximum Gasteiger partial charge on any atom is 0.251 e. The van der Waals surface area contributed by atoms with Crippen molar-refractivity contribution in [2.75, 3.05) is 18.6 Å². The molecule has 2 aliphatic rings. The Morgan fingerprint density at radius 3 is 2.34 bits per heavy atom. The average molecular weight is 472 g/mol. The van der Waals surface area contributed by atoms with E-state index in [9.17, 15) is 18.4 Å². The van der Waals surface area contributed by atoms with Gasteiger partial charge in [0.05, 0.1) is 23.7 Å². The Morgan fingerprint density at radius 1 is 1.06 bits per heavy atom. The highest BCUT2D eigenvalue weighted by molar-refractivity contribution is 7.91.